The van der Waals surface area contributed by atoms with E-state index in [1.807, 2.05) is 42.5 Å². The average Bonchev–Trinajstić information content (AvgIpc) is 3.09. The summed E-state index contributed by atoms with van der Waals surface area (Å²) in [5.74, 6) is -0.197. The van der Waals surface area contributed by atoms with Gasteiger partial charge in [-0.15, -0.1) is 11.3 Å². The van der Waals surface area contributed by atoms with Crippen LogP contribution in [0.2, 0.25) is 0 Å². The van der Waals surface area contributed by atoms with Crippen LogP contribution in [0.3, 0.4) is 0 Å². The maximum absolute atomic E-state index is 12.3. The van der Waals surface area contributed by atoms with E-state index in [0.717, 1.165) is 17.3 Å². The summed E-state index contributed by atoms with van der Waals surface area (Å²) >= 11 is 2.50. The summed E-state index contributed by atoms with van der Waals surface area (Å²) in [5, 5.41) is 10.4. The number of amides is 1. The number of anilines is 1. The van der Waals surface area contributed by atoms with E-state index in [-0.39, 0.29) is 11.1 Å². The molecule has 3 rings (SSSR count). The van der Waals surface area contributed by atoms with Crippen LogP contribution in [-0.4, -0.2) is 16.1 Å². The molecule has 1 N–H and O–H groups in total. The monoisotopic (exact) mass is 313 g/mol. The number of hydrogen-bond acceptors (Lipinski definition) is 5. The Morgan fingerprint density at radius 3 is 2.76 bits per heavy atom. The van der Waals surface area contributed by atoms with E-state index in [1.54, 1.807) is 17.7 Å². The van der Waals surface area contributed by atoms with E-state index in [2.05, 4.69) is 4.98 Å². The first-order valence-electron chi connectivity index (χ1n) is 6.19. The predicted octanol–water partition coefficient (Wildman–Crippen LogP) is 3.75. The van der Waals surface area contributed by atoms with E-state index in [1.165, 1.54) is 16.2 Å². The number of nitrogens with one attached hydrogen (secondary N) is 1. The van der Waals surface area contributed by atoms with E-state index in [4.69, 9.17) is 5.41 Å². The second-order valence-electron chi connectivity index (χ2n) is 4.16. The van der Waals surface area contributed by atoms with Crippen molar-refractivity contribution in [1.29, 1.82) is 5.41 Å². The van der Waals surface area contributed by atoms with E-state index >= 15 is 0 Å². The summed E-state index contributed by atoms with van der Waals surface area (Å²) in [6, 6.07) is 9.86. The van der Waals surface area contributed by atoms with Crippen molar-refractivity contribution < 1.29 is 4.79 Å². The molecule has 1 amide bonds. The summed E-state index contributed by atoms with van der Waals surface area (Å²) in [7, 11) is 0. The number of carbonyl (C=O) groups is 1. The minimum atomic E-state index is -0.197. The molecule has 6 heteroatoms. The molecule has 0 aliphatic carbocycles. The van der Waals surface area contributed by atoms with Crippen molar-refractivity contribution in [3.8, 4) is 0 Å². The standard InChI is InChI=1S/C15H11N3OS2/c16-14-18(15-17-9-10-20-15)13(19)12(21-14)8-4-7-11-5-2-1-3-6-11/h1-10,16H/b7-4+,12-8+,16-14?. The van der Waals surface area contributed by atoms with Gasteiger partial charge in [-0.05, 0) is 23.4 Å². The second kappa shape index (κ2) is 6.07. The van der Waals surface area contributed by atoms with Crippen molar-refractivity contribution >= 4 is 45.4 Å². The number of amidine groups is 1. The molecule has 2 heterocycles. The van der Waals surface area contributed by atoms with Gasteiger partial charge in [-0.25, -0.2) is 9.88 Å². The molecule has 1 aromatic carbocycles. The minimum absolute atomic E-state index is 0.189. The van der Waals surface area contributed by atoms with Gasteiger partial charge in [0.1, 0.15) is 0 Å². The molecule has 2 aromatic rings. The lowest BCUT2D eigenvalue weighted by Gasteiger charge is -2.08. The molecule has 1 aliphatic heterocycles. The Kier molecular flexibility index (Phi) is 3.98. The Hall–Kier alpha value is -2.18. The smallest absolute Gasteiger partial charge is 0.273 e. The Balaban J connectivity index is 1.78. The van der Waals surface area contributed by atoms with Gasteiger partial charge < -0.3 is 0 Å². The number of thiazole rings is 1. The fourth-order valence-corrected chi connectivity index (χ4v) is 3.31. The van der Waals surface area contributed by atoms with Crippen molar-refractivity contribution in [2.45, 2.75) is 0 Å². The number of benzene rings is 1. The third-order valence-electron chi connectivity index (χ3n) is 2.77. The summed E-state index contributed by atoms with van der Waals surface area (Å²) in [5.41, 5.74) is 1.07. The molecule has 0 unspecified atom stereocenters. The SMILES string of the molecule is N=C1S/C(=C/C=C/c2ccccc2)C(=O)N1c1nccs1. The van der Waals surface area contributed by atoms with Crippen LogP contribution >= 0.6 is 23.1 Å². The maximum atomic E-state index is 12.3. The highest BCUT2D eigenvalue weighted by atomic mass is 32.2. The van der Waals surface area contributed by atoms with Crippen molar-refractivity contribution in [2.24, 2.45) is 0 Å². The van der Waals surface area contributed by atoms with Gasteiger partial charge in [0, 0.05) is 11.6 Å². The first-order chi connectivity index (χ1) is 10.3. The van der Waals surface area contributed by atoms with Crippen LogP contribution in [0.4, 0.5) is 5.13 Å². The van der Waals surface area contributed by atoms with Crippen LogP contribution in [0.5, 0.6) is 0 Å². The van der Waals surface area contributed by atoms with Crippen LogP contribution in [0.15, 0.2) is 59.0 Å². The van der Waals surface area contributed by atoms with Crippen molar-refractivity contribution in [2.75, 3.05) is 4.90 Å². The molecule has 1 saturated heterocycles. The van der Waals surface area contributed by atoms with Gasteiger partial charge in [-0.1, -0.05) is 42.5 Å². The molecule has 21 heavy (non-hydrogen) atoms. The number of nitrogens with zero attached hydrogens (tertiary/aromatic N) is 2. The topological polar surface area (TPSA) is 57.1 Å². The summed E-state index contributed by atoms with van der Waals surface area (Å²) in [6.07, 6.45) is 7.12. The van der Waals surface area contributed by atoms with Crippen LogP contribution in [-0.2, 0) is 4.79 Å². The fourth-order valence-electron chi connectivity index (χ4n) is 1.81. The Morgan fingerprint density at radius 2 is 2.05 bits per heavy atom. The molecule has 0 saturated carbocycles. The van der Waals surface area contributed by atoms with E-state index in [0.29, 0.717) is 10.0 Å². The van der Waals surface area contributed by atoms with Crippen molar-refractivity contribution in [3.05, 3.63) is 64.5 Å². The number of allylic oxidation sites excluding steroid dienone is 2. The molecular weight excluding hydrogens is 302 g/mol. The lowest BCUT2D eigenvalue weighted by molar-refractivity contribution is -0.113. The Labute approximate surface area is 130 Å². The normalized spacial score (nSPS) is 17.3. The van der Waals surface area contributed by atoms with Gasteiger partial charge in [-0.3, -0.25) is 10.2 Å². The Bertz CT molecular complexity index is 721. The summed E-state index contributed by atoms with van der Waals surface area (Å²) in [4.78, 5) is 18.2. The molecule has 0 bridgehead atoms. The highest BCUT2D eigenvalue weighted by Gasteiger charge is 2.34. The summed E-state index contributed by atoms with van der Waals surface area (Å²) in [6.45, 7) is 0. The third-order valence-corrected chi connectivity index (χ3v) is 4.43. The quantitative estimate of drug-likeness (QED) is 0.878. The molecule has 1 aliphatic rings. The van der Waals surface area contributed by atoms with Crippen molar-refractivity contribution in [1.82, 2.24) is 4.98 Å². The summed E-state index contributed by atoms with van der Waals surface area (Å²) < 4.78 is 0. The van der Waals surface area contributed by atoms with E-state index in [9.17, 15) is 4.79 Å². The zero-order valence-electron chi connectivity index (χ0n) is 10.9. The minimum Gasteiger partial charge on any atom is -0.278 e. The largest absolute Gasteiger partial charge is 0.278 e. The number of thioether (sulfide) groups is 1. The highest BCUT2D eigenvalue weighted by molar-refractivity contribution is 8.19. The third kappa shape index (κ3) is 2.96. The zero-order chi connectivity index (χ0) is 14.7. The molecule has 4 nitrogen and oxygen atoms in total. The van der Waals surface area contributed by atoms with E-state index < -0.39 is 0 Å². The second-order valence-corrected chi connectivity index (χ2v) is 6.07. The molecule has 104 valence electrons. The first kappa shape index (κ1) is 13.8. The Morgan fingerprint density at radius 1 is 1.24 bits per heavy atom. The van der Waals surface area contributed by atoms with Gasteiger partial charge in [0.25, 0.3) is 5.91 Å². The first-order valence-corrected chi connectivity index (χ1v) is 7.89. The number of aromatic nitrogens is 1. The lowest BCUT2D eigenvalue weighted by atomic mass is 10.2. The lowest BCUT2D eigenvalue weighted by Crippen LogP contribution is -2.27. The van der Waals surface area contributed by atoms with Crippen molar-refractivity contribution in [3.63, 3.8) is 0 Å². The molecule has 0 spiro atoms. The highest BCUT2D eigenvalue weighted by Crippen LogP contribution is 2.34. The number of carbonyl (C=O) groups excluding carboxylic acids is 1. The van der Waals surface area contributed by atoms with Crippen LogP contribution in [0.25, 0.3) is 6.08 Å². The zero-order valence-corrected chi connectivity index (χ0v) is 12.5. The van der Waals surface area contributed by atoms with Gasteiger partial charge >= 0.3 is 0 Å². The number of hydrogen-bond donors (Lipinski definition) is 1. The van der Waals surface area contributed by atoms with Crippen LogP contribution < -0.4 is 4.90 Å². The average molecular weight is 313 g/mol. The molecular formula is C15H11N3OS2. The van der Waals surface area contributed by atoms with Crippen LogP contribution in [0.1, 0.15) is 5.56 Å². The maximum Gasteiger partial charge on any atom is 0.273 e. The van der Waals surface area contributed by atoms with Crippen LogP contribution in [0, 0.1) is 5.41 Å². The molecule has 0 atom stereocenters. The molecule has 1 fully saturated rings. The van der Waals surface area contributed by atoms with Gasteiger partial charge in [-0.2, -0.15) is 0 Å². The van der Waals surface area contributed by atoms with Gasteiger partial charge in [0.2, 0.25) is 0 Å². The fraction of sp³-hybridized carbons (Fsp3) is 0. The van der Waals surface area contributed by atoms with Gasteiger partial charge in [0.15, 0.2) is 10.3 Å². The molecule has 1 aromatic heterocycles. The van der Waals surface area contributed by atoms with Gasteiger partial charge in [0.05, 0.1) is 4.91 Å². The molecule has 0 radical (unpaired) electrons. The number of rotatable bonds is 3. The predicted molar refractivity (Wildman–Crippen MR) is 88.5 cm³/mol.